The van der Waals surface area contributed by atoms with Gasteiger partial charge in [0.05, 0.1) is 0 Å². The lowest BCUT2D eigenvalue weighted by Crippen LogP contribution is -2.30. The maximum absolute atomic E-state index is 11.1. The minimum Gasteiger partial charge on any atom is -0.314 e. The second-order valence-corrected chi connectivity index (χ2v) is 7.53. The van der Waals surface area contributed by atoms with Crippen LogP contribution in [-0.2, 0) is 9.84 Å². The predicted molar refractivity (Wildman–Crippen MR) is 79.8 cm³/mol. The van der Waals surface area contributed by atoms with Gasteiger partial charge in [0.1, 0.15) is 9.84 Å². The number of rotatable bonds is 12. The highest BCUT2D eigenvalue weighted by Gasteiger charge is 2.09. The number of nitrogens with one attached hydrogen (secondary N) is 1. The van der Waals surface area contributed by atoms with Crippen LogP contribution in [0, 0.1) is 0 Å². The van der Waals surface area contributed by atoms with Crippen molar-refractivity contribution in [3.05, 3.63) is 0 Å². The molecule has 0 fully saturated rings. The zero-order valence-electron chi connectivity index (χ0n) is 12.4. The van der Waals surface area contributed by atoms with Crippen molar-refractivity contribution in [2.75, 3.05) is 18.6 Å². The number of sulfone groups is 1. The predicted octanol–water partition coefficient (Wildman–Crippen LogP) is 3.15. The summed E-state index contributed by atoms with van der Waals surface area (Å²) in [7, 11) is -2.80. The Kier molecular flexibility index (Phi) is 10.7. The SMILES string of the molecule is CCCCCCC(CCCS(C)(=O)=O)NCCC. The smallest absolute Gasteiger partial charge is 0.147 e. The lowest BCUT2D eigenvalue weighted by Gasteiger charge is -2.18. The molecule has 3 nitrogen and oxygen atoms in total. The highest BCUT2D eigenvalue weighted by molar-refractivity contribution is 7.90. The Morgan fingerprint density at radius 3 is 2.17 bits per heavy atom. The first-order valence-corrected chi connectivity index (χ1v) is 9.46. The van der Waals surface area contributed by atoms with E-state index in [0.29, 0.717) is 11.8 Å². The maximum atomic E-state index is 11.1. The molecular weight excluding hydrogens is 246 g/mol. The van der Waals surface area contributed by atoms with Gasteiger partial charge in [-0.1, -0.05) is 39.5 Å². The lowest BCUT2D eigenvalue weighted by atomic mass is 10.0. The Bertz CT molecular complexity index is 276. The summed E-state index contributed by atoms with van der Waals surface area (Å²) in [6.45, 7) is 5.42. The molecule has 0 saturated heterocycles. The number of hydrogen-bond donors (Lipinski definition) is 1. The van der Waals surface area contributed by atoms with Gasteiger partial charge >= 0.3 is 0 Å². The summed E-state index contributed by atoms with van der Waals surface area (Å²) in [5, 5.41) is 3.54. The molecule has 0 rings (SSSR count). The normalized spacial score (nSPS) is 13.7. The topological polar surface area (TPSA) is 46.2 Å². The van der Waals surface area contributed by atoms with Gasteiger partial charge in [-0.2, -0.15) is 0 Å². The van der Waals surface area contributed by atoms with Gasteiger partial charge in [-0.25, -0.2) is 8.42 Å². The van der Waals surface area contributed by atoms with Crippen molar-refractivity contribution < 1.29 is 8.42 Å². The van der Waals surface area contributed by atoms with Gasteiger partial charge in [-0.3, -0.25) is 0 Å². The van der Waals surface area contributed by atoms with E-state index in [2.05, 4.69) is 19.2 Å². The molecule has 0 aromatic rings. The fourth-order valence-corrected chi connectivity index (χ4v) is 2.80. The van der Waals surface area contributed by atoms with Crippen LogP contribution in [-0.4, -0.2) is 33.0 Å². The van der Waals surface area contributed by atoms with E-state index in [4.69, 9.17) is 0 Å². The summed E-state index contributed by atoms with van der Waals surface area (Å²) < 4.78 is 22.2. The highest BCUT2D eigenvalue weighted by Crippen LogP contribution is 2.10. The molecule has 0 radical (unpaired) electrons. The van der Waals surface area contributed by atoms with Gasteiger partial charge in [-0.05, 0) is 32.2 Å². The molecule has 110 valence electrons. The molecule has 0 spiro atoms. The van der Waals surface area contributed by atoms with Crippen molar-refractivity contribution in [3.8, 4) is 0 Å². The minimum atomic E-state index is -2.80. The van der Waals surface area contributed by atoms with E-state index in [1.807, 2.05) is 0 Å². The van der Waals surface area contributed by atoms with Gasteiger partial charge in [0.15, 0.2) is 0 Å². The molecule has 0 aliphatic rings. The standard InChI is InChI=1S/C14H31NO2S/c1-4-6-7-8-10-14(15-12-5-2)11-9-13-18(3,16)17/h14-15H,4-13H2,1-3H3. The summed E-state index contributed by atoms with van der Waals surface area (Å²) >= 11 is 0. The van der Waals surface area contributed by atoms with Crippen LogP contribution >= 0.6 is 0 Å². The summed E-state index contributed by atoms with van der Waals surface area (Å²) in [4.78, 5) is 0. The fraction of sp³-hybridized carbons (Fsp3) is 1.00. The number of hydrogen-bond acceptors (Lipinski definition) is 3. The molecule has 1 atom stereocenters. The zero-order chi connectivity index (χ0) is 13.9. The molecular formula is C14H31NO2S. The van der Waals surface area contributed by atoms with E-state index in [9.17, 15) is 8.42 Å². The van der Waals surface area contributed by atoms with E-state index in [1.165, 1.54) is 38.4 Å². The third-order valence-electron chi connectivity index (χ3n) is 3.16. The van der Waals surface area contributed by atoms with Crippen LogP contribution in [0.15, 0.2) is 0 Å². The zero-order valence-corrected chi connectivity index (χ0v) is 13.2. The molecule has 0 aromatic heterocycles. The van der Waals surface area contributed by atoms with E-state index in [1.54, 1.807) is 0 Å². The van der Waals surface area contributed by atoms with E-state index >= 15 is 0 Å². The Morgan fingerprint density at radius 1 is 0.944 bits per heavy atom. The van der Waals surface area contributed by atoms with E-state index in [0.717, 1.165) is 25.8 Å². The summed E-state index contributed by atoms with van der Waals surface area (Å²) in [6, 6.07) is 0.503. The Balaban J connectivity index is 3.83. The molecule has 0 bridgehead atoms. The maximum Gasteiger partial charge on any atom is 0.147 e. The van der Waals surface area contributed by atoms with Crippen molar-refractivity contribution in [2.24, 2.45) is 0 Å². The van der Waals surface area contributed by atoms with Crippen LogP contribution in [0.1, 0.15) is 65.2 Å². The molecule has 18 heavy (non-hydrogen) atoms. The van der Waals surface area contributed by atoms with Gasteiger partial charge < -0.3 is 5.32 Å². The van der Waals surface area contributed by atoms with Crippen molar-refractivity contribution in [3.63, 3.8) is 0 Å². The lowest BCUT2D eigenvalue weighted by molar-refractivity contribution is 0.428. The van der Waals surface area contributed by atoms with Gasteiger partial charge in [-0.15, -0.1) is 0 Å². The molecule has 0 aliphatic heterocycles. The Hall–Kier alpha value is -0.0900. The molecule has 0 heterocycles. The van der Waals surface area contributed by atoms with Crippen LogP contribution in [0.5, 0.6) is 0 Å². The van der Waals surface area contributed by atoms with Crippen LogP contribution in [0.4, 0.5) is 0 Å². The third-order valence-corrected chi connectivity index (χ3v) is 4.19. The Labute approximate surface area is 114 Å². The number of unbranched alkanes of at least 4 members (excludes halogenated alkanes) is 3. The van der Waals surface area contributed by atoms with Gasteiger partial charge in [0.25, 0.3) is 0 Å². The van der Waals surface area contributed by atoms with Gasteiger partial charge in [0, 0.05) is 18.1 Å². The third kappa shape index (κ3) is 12.4. The highest BCUT2D eigenvalue weighted by atomic mass is 32.2. The largest absolute Gasteiger partial charge is 0.314 e. The quantitative estimate of drug-likeness (QED) is 0.557. The fourth-order valence-electron chi connectivity index (χ4n) is 2.11. The van der Waals surface area contributed by atoms with Crippen molar-refractivity contribution >= 4 is 9.84 Å². The van der Waals surface area contributed by atoms with Crippen molar-refractivity contribution in [1.82, 2.24) is 5.32 Å². The summed E-state index contributed by atoms with van der Waals surface area (Å²) in [5.41, 5.74) is 0. The average Bonchev–Trinajstić information content (AvgIpc) is 2.29. The molecule has 1 unspecified atom stereocenters. The Morgan fingerprint density at radius 2 is 1.61 bits per heavy atom. The van der Waals surface area contributed by atoms with Crippen molar-refractivity contribution in [1.29, 1.82) is 0 Å². The molecule has 0 saturated carbocycles. The monoisotopic (exact) mass is 277 g/mol. The first-order valence-electron chi connectivity index (χ1n) is 7.40. The van der Waals surface area contributed by atoms with Crippen molar-refractivity contribution in [2.45, 2.75) is 71.3 Å². The summed E-state index contributed by atoms with van der Waals surface area (Å²) in [5.74, 6) is 0.326. The molecule has 0 amide bonds. The van der Waals surface area contributed by atoms with Crippen LogP contribution in [0.25, 0.3) is 0 Å². The first kappa shape index (κ1) is 17.9. The molecule has 1 N–H and O–H groups in total. The molecule has 0 aliphatic carbocycles. The minimum absolute atomic E-state index is 0.326. The van der Waals surface area contributed by atoms with Crippen LogP contribution < -0.4 is 5.32 Å². The first-order chi connectivity index (χ1) is 8.49. The molecule has 4 heteroatoms. The van der Waals surface area contributed by atoms with Crippen LogP contribution in [0.2, 0.25) is 0 Å². The van der Waals surface area contributed by atoms with E-state index in [-0.39, 0.29) is 0 Å². The second kappa shape index (κ2) is 10.8. The second-order valence-electron chi connectivity index (χ2n) is 5.27. The van der Waals surface area contributed by atoms with Crippen LogP contribution in [0.3, 0.4) is 0 Å². The molecule has 0 aromatic carbocycles. The average molecular weight is 277 g/mol. The summed E-state index contributed by atoms with van der Waals surface area (Å²) in [6.07, 6.45) is 10.5. The van der Waals surface area contributed by atoms with E-state index < -0.39 is 9.84 Å². The van der Waals surface area contributed by atoms with Gasteiger partial charge in [0.2, 0.25) is 0 Å².